The number of halogens is 1. The highest BCUT2D eigenvalue weighted by Crippen LogP contribution is 2.29. The molecule has 136 valence electrons. The largest absolute Gasteiger partial charge is 0.495 e. The van der Waals surface area contributed by atoms with E-state index in [2.05, 4.69) is 5.32 Å². The van der Waals surface area contributed by atoms with Crippen LogP contribution in [0.25, 0.3) is 0 Å². The Labute approximate surface area is 148 Å². The van der Waals surface area contributed by atoms with Gasteiger partial charge in [-0.25, -0.2) is 12.8 Å². The van der Waals surface area contributed by atoms with Gasteiger partial charge in [0.2, 0.25) is 10.0 Å². The number of methoxy groups -OCH3 is 1. The number of nitrogens with zero attached hydrogens (tertiary/aromatic N) is 1. The minimum absolute atomic E-state index is 0.193. The van der Waals surface area contributed by atoms with Gasteiger partial charge in [0, 0.05) is 19.6 Å². The molecule has 0 heterocycles. The van der Waals surface area contributed by atoms with Gasteiger partial charge in [0.25, 0.3) is 0 Å². The molecule has 0 radical (unpaired) electrons. The number of sulfonamides is 1. The number of ether oxygens (including phenoxy) is 1. The summed E-state index contributed by atoms with van der Waals surface area (Å²) in [4.78, 5) is 0.193. The molecule has 1 N–H and O–H groups in total. The zero-order valence-corrected chi connectivity index (χ0v) is 15.4. The molecule has 2 aromatic carbocycles. The van der Waals surface area contributed by atoms with Crippen molar-refractivity contribution >= 4 is 15.7 Å². The SMILES string of the molecule is CCN(CC)S(=O)(=O)c1ccc(OC)c(NCc2cccc(F)c2)c1. The van der Waals surface area contributed by atoms with Crippen LogP contribution in [-0.2, 0) is 16.6 Å². The van der Waals surface area contributed by atoms with Crippen molar-refractivity contribution in [1.29, 1.82) is 0 Å². The average molecular weight is 366 g/mol. The van der Waals surface area contributed by atoms with Crippen molar-refractivity contribution in [3.05, 3.63) is 53.8 Å². The lowest BCUT2D eigenvalue weighted by atomic mass is 10.2. The van der Waals surface area contributed by atoms with Crippen molar-refractivity contribution in [2.45, 2.75) is 25.3 Å². The van der Waals surface area contributed by atoms with Crippen LogP contribution in [-0.4, -0.2) is 32.9 Å². The van der Waals surface area contributed by atoms with Crippen molar-refractivity contribution in [2.75, 3.05) is 25.5 Å². The molecule has 0 bridgehead atoms. The van der Waals surface area contributed by atoms with Crippen LogP contribution in [0.4, 0.5) is 10.1 Å². The van der Waals surface area contributed by atoms with Crippen molar-refractivity contribution in [2.24, 2.45) is 0 Å². The van der Waals surface area contributed by atoms with Crippen LogP contribution < -0.4 is 10.1 Å². The van der Waals surface area contributed by atoms with Gasteiger partial charge in [-0.2, -0.15) is 4.31 Å². The van der Waals surface area contributed by atoms with Gasteiger partial charge in [0.05, 0.1) is 17.7 Å². The molecule has 0 atom stereocenters. The maximum Gasteiger partial charge on any atom is 0.243 e. The highest BCUT2D eigenvalue weighted by molar-refractivity contribution is 7.89. The highest BCUT2D eigenvalue weighted by Gasteiger charge is 2.22. The Hall–Kier alpha value is -2.12. The molecule has 0 aliphatic carbocycles. The number of benzene rings is 2. The van der Waals surface area contributed by atoms with Crippen LogP contribution >= 0.6 is 0 Å². The summed E-state index contributed by atoms with van der Waals surface area (Å²) in [6, 6.07) is 10.9. The summed E-state index contributed by atoms with van der Waals surface area (Å²) < 4.78 is 45.3. The fraction of sp³-hybridized carbons (Fsp3) is 0.333. The molecule has 2 aromatic rings. The summed E-state index contributed by atoms with van der Waals surface area (Å²) in [6.45, 7) is 4.75. The number of anilines is 1. The second-order valence-electron chi connectivity index (χ2n) is 5.43. The first-order valence-corrected chi connectivity index (χ1v) is 9.52. The van der Waals surface area contributed by atoms with Crippen molar-refractivity contribution in [3.8, 4) is 5.75 Å². The zero-order chi connectivity index (χ0) is 18.4. The van der Waals surface area contributed by atoms with Gasteiger partial charge < -0.3 is 10.1 Å². The monoisotopic (exact) mass is 366 g/mol. The van der Waals surface area contributed by atoms with Crippen LogP contribution in [0.15, 0.2) is 47.4 Å². The molecule has 0 spiro atoms. The smallest absolute Gasteiger partial charge is 0.243 e. The Balaban J connectivity index is 2.31. The number of hydrogen-bond acceptors (Lipinski definition) is 4. The van der Waals surface area contributed by atoms with Gasteiger partial charge in [0.15, 0.2) is 0 Å². The number of hydrogen-bond donors (Lipinski definition) is 1. The van der Waals surface area contributed by atoms with E-state index in [1.807, 2.05) is 0 Å². The molecule has 7 heteroatoms. The Kier molecular flexibility index (Phi) is 6.39. The molecule has 0 aromatic heterocycles. The van der Waals surface area contributed by atoms with E-state index in [1.165, 1.54) is 29.6 Å². The van der Waals surface area contributed by atoms with Crippen molar-refractivity contribution < 1.29 is 17.5 Å². The third kappa shape index (κ3) is 4.49. The lowest BCUT2D eigenvalue weighted by Gasteiger charge is -2.20. The van der Waals surface area contributed by atoms with Gasteiger partial charge >= 0.3 is 0 Å². The van der Waals surface area contributed by atoms with E-state index in [0.717, 1.165) is 5.56 Å². The Morgan fingerprint density at radius 1 is 1.12 bits per heavy atom. The zero-order valence-electron chi connectivity index (χ0n) is 14.6. The Morgan fingerprint density at radius 3 is 2.44 bits per heavy atom. The summed E-state index contributed by atoms with van der Waals surface area (Å²) in [6.07, 6.45) is 0. The fourth-order valence-corrected chi connectivity index (χ4v) is 4.03. The van der Waals surface area contributed by atoms with Crippen molar-refractivity contribution in [1.82, 2.24) is 4.31 Å². The lowest BCUT2D eigenvalue weighted by molar-refractivity contribution is 0.415. The summed E-state index contributed by atoms with van der Waals surface area (Å²) >= 11 is 0. The predicted octanol–water partition coefficient (Wildman–Crippen LogP) is 3.48. The standard InChI is InChI=1S/C18H23FN2O3S/c1-4-21(5-2)25(22,23)16-9-10-18(24-3)17(12-16)20-13-14-7-6-8-15(19)11-14/h6-12,20H,4-5,13H2,1-3H3. The van der Waals surface area contributed by atoms with Gasteiger partial charge in [0.1, 0.15) is 11.6 Å². The Morgan fingerprint density at radius 2 is 1.84 bits per heavy atom. The first kappa shape index (κ1) is 19.2. The first-order chi connectivity index (χ1) is 11.9. The van der Waals surface area contributed by atoms with E-state index < -0.39 is 10.0 Å². The normalized spacial score (nSPS) is 11.6. The quantitative estimate of drug-likeness (QED) is 0.777. The summed E-state index contributed by atoms with van der Waals surface area (Å²) in [7, 11) is -2.05. The van der Waals surface area contributed by atoms with E-state index in [1.54, 1.807) is 38.1 Å². The van der Waals surface area contributed by atoms with Crippen LogP contribution in [0.2, 0.25) is 0 Å². The third-order valence-corrected chi connectivity index (χ3v) is 5.93. The van der Waals surface area contributed by atoms with Crippen LogP contribution in [0.3, 0.4) is 0 Å². The molecule has 0 unspecified atom stereocenters. The molecule has 0 saturated carbocycles. The second kappa shape index (κ2) is 8.31. The van der Waals surface area contributed by atoms with Gasteiger partial charge in [-0.3, -0.25) is 0 Å². The molecular weight excluding hydrogens is 343 g/mol. The molecule has 25 heavy (non-hydrogen) atoms. The molecule has 0 aliphatic heterocycles. The van der Waals surface area contributed by atoms with Gasteiger partial charge in [-0.15, -0.1) is 0 Å². The summed E-state index contributed by atoms with van der Waals surface area (Å²) in [5, 5.41) is 3.12. The van der Waals surface area contributed by atoms with Crippen molar-refractivity contribution in [3.63, 3.8) is 0 Å². The first-order valence-electron chi connectivity index (χ1n) is 8.08. The van der Waals surface area contributed by atoms with E-state index in [0.29, 0.717) is 31.1 Å². The maximum absolute atomic E-state index is 13.3. The van der Waals surface area contributed by atoms with Crippen LogP contribution in [0.1, 0.15) is 19.4 Å². The predicted molar refractivity (Wildman–Crippen MR) is 96.8 cm³/mol. The van der Waals surface area contributed by atoms with Gasteiger partial charge in [-0.05, 0) is 35.9 Å². The molecule has 0 amide bonds. The highest BCUT2D eigenvalue weighted by atomic mass is 32.2. The fourth-order valence-electron chi connectivity index (χ4n) is 2.54. The minimum atomic E-state index is -3.56. The summed E-state index contributed by atoms with van der Waals surface area (Å²) in [5.74, 6) is 0.207. The second-order valence-corrected chi connectivity index (χ2v) is 7.37. The lowest BCUT2D eigenvalue weighted by Crippen LogP contribution is -2.30. The average Bonchev–Trinajstić information content (AvgIpc) is 2.60. The molecule has 0 aliphatic rings. The van der Waals surface area contributed by atoms with E-state index >= 15 is 0 Å². The molecule has 0 fully saturated rings. The van der Waals surface area contributed by atoms with Crippen LogP contribution in [0.5, 0.6) is 5.75 Å². The Bertz CT molecular complexity index is 821. The van der Waals surface area contributed by atoms with E-state index in [-0.39, 0.29) is 10.7 Å². The minimum Gasteiger partial charge on any atom is -0.495 e. The molecule has 2 rings (SSSR count). The molecule has 5 nitrogen and oxygen atoms in total. The molecular formula is C18H23FN2O3S. The molecule has 0 saturated heterocycles. The summed E-state index contributed by atoms with van der Waals surface area (Å²) in [5.41, 5.74) is 1.29. The van der Waals surface area contributed by atoms with E-state index in [4.69, 9.17) is 4.74 Å². The third-order valence-electron chi connectivity index (χ3n) is 3.89. The number of rotatable bonds is 8. The number of nitrogens with one attached hydrogen (secondary N) is 1. The maximum atomic E-state index is 13.3. The topological polar surface area (TPSA) is 58.6 Å². The van der Waals surface area contributed by atoms with Crippen LogP contribution in [0, 0.1) is 5.82 Å². The van der Waals surface area contributed by atoms with Gasteiger partial charge in [-0.1, -0.05) is 26.0 Å². The van der Waals surface area contributed by atoms with E-state index in [9.17, 15) is 12.8 Å².